The molecular formula is C6H12O. The largest absolute Gasteiger partial charge is 0.295 e. The van der Waals surface area contributed by atoms with Crippen molar-refractivity contribution in [3.05, 3.63) is 12.7 Å². The van der Waals surface area contributed by atoms with Gasteiger partial charge < -0.3 is 0 Å². The third-order valence-corrected chi connectivity index (χ3v) is 0.287. The van der Waals surface area contributed by atoms with E-state index in [-0.39, 0.29) is 5.78 Å². The van der Waals surface area contributed by atoms with Gasteiger partial charge in [0.25, 0.3) is 0 Å². The van der Waals surface area contributed by atoms with E-state index in [1.807, 2.05) is 13.8 Å². The van der Waals surface area contributed by atoms with Crippen molar-refractivity contribution in [3.8, 4) is 0 Å². The fraction of sp³-hybridized carbons (Fsp3) is 0.500. The van der Waals surface area contributed by atoms with Crippen LogP contribution in [-0.4, -0.2) is 5.78 Å². The number of rotatable bonds is 1. The Balaban J connectivity index is 0. The van der Waals surface area contributed by atoms with Gasteiger partial charge in [0.2, 0.25) is 0 Å². The van der Waals surface area contributed by atoms with Gasteiger partial charge in [-0.15, -0.1) is 0 Å². The van der Waals surface area contributed by atoms with E-state index >= 15 is 0 Å². The molecule has 0 atom stereocenters. The molecule has 0 amide bonds. The van der Waals surface area contributed by atoms with Gasteiger partial charge in [-0.2, -0.15) is 0 Å². The predicted molar refractivity (Wildman–Crippen MR) is 32.2 cm³/mol. The zero-order valence-electron chi connectivity index (χ0n) is 5.19. The maximum atomic E-state index is 9.69. The lowest BCUT2D eigenvalue weighted by molar-refractivity contribution is -0.112. The molecule has 0 unspecified atom stereocenters. The summed E-state index contributed by atoms with van der Waals surface area (Å²) in [5.41, 5.74) is 0. The predicted octanol–water partition coefficient (Wildman–Crippen LogP) is 1.79. The van der Waals surface area contributed by atoms with Crippen molar-refractivity contribution < 1.29 is 4.79 Å². The van der Waals surface area contributed by atoms with E-state index in [9.17, 15) is 4.79 Å². The molecule has 7 heavy (non-hydrogen) atoms. The molecule has 0 aromatic carbocycles. The van der Waals surface area contributed by atoms with Crippen LogP contribution >= 0.6 is 0 Å². The van der Waals surface area contributed by atoms with E-state index in [0.717, 1.165) is 0 Å². The molecule has 0 aliphatic rings. The molecule has 0 aromatic rings. The van der Waals surface area contributed by atoms with Crippen LogP contribution in [0.25, 0.3) is 0 Å². The summed E-state index contributed by atoms with van der Waals surface area (Å²) in [6.07, 6.45) is 1.28. The summed E-state index contributed by atoms with van der Waals surface area (Å²) < 4.78 is 0. The number of allylic oxidation sites excluding steroid dienone is 1. The highest BCUT2D eigenvalue weighted by atomic mass is 16.1. The summed E-state index contributed by atoms with van der Waals surface area (Å²) in [7, 11) is 0. The third kappa shape index (κ3) is 31.6. The lowest BCUT2D eigenvalue weighted by Gasteiger charge is -1.62. The summed E-state index contributed by atoms with van der Waals surface area (Å²) >= 11 is 0. The molecule has 1 heteroatoms. The van der Waals surface area contributed by atoms with Crippen LogP contribution in [0, 0.1) is 0 Å². The Bertz CT molecular complexity index is 55.2. The molecule has 0 aliphatic carbocycles. The summed E-state index contributed by atoms with van der Waals surface area (Å²) in [5.74, 6) is 0.0185. The third-order valence-electron chi connectivity index (χ3n) is 0.287. The summed E-state index contributed by atoms with van der Waals surface area (Å²) in [6, 6.07) is 0. The Morgan fingerprint density at radius 3 is 1.71 bits per heavy atom. The van der Waals surface area contributed by atoms with Gasteiger partial charge in [0, 0.05) is 0 Å². The summed E-state index contributed by atoms with van der Waals surface area (Å²) in [6.45, 7) is 8.68. The minimum absolute atomic E-state index is 0.0185. The van der Waals surface area contributed by atoms with Gasteiger partial charge in [0.15, 0.2) is 5.78 Å². The highest BCUT2D eigenvalue weighted by Gasteiger charge is 1.69. The monoisotopic (exact) mass is 100 g/mol. The minimum atomic E-state index is 0.0185. The van der Waals surface area contributed by atoms with E-state index in [1.165, 1.54) is 13.0 Å². The fourth-order valence-electron chi connectivity index (χ4n) is 0. The van der Waals surface area contributed by atoms with Gasteiger partial charge in [-0.25, -0.2) is 0 Å². The smallest absolute Gasteiger partial charge is 0.152 e. The average Bonchev–Trinajstić information content (AvgIpc) is 1.73. The summed E-state index contributed by atoms with van der Waals surface area (Å²) in [5, 5.41) is 0. The van der Waals surface area contributed by atoms with Crippen molar-refractivity contribution in [1.29, 1.82) is 0 Å². The quantitative estimate of drug-likeness (QED) is 0.459. The van der Waals surface area contributed by atoms with Crippen LogP contribution in [0.5, 0.6) is 0 Å². The number of ketones is 1. The molecule has 1 nitrogen and oxygen atoms in total. The number of carbonyl (C=O) groups is 1. The molecule has 0 heterocycles. The zero-order chi connectivity index (χ0) is 6.28. The standard InChI is InChI=1S/C4H6O.C2H6/c1-3-4(2)5;1-2/h3H,1H2,2H3;1-2H3. The normalized spacial score (nSPS) is 5.57. The van der Waals surface area contributed by atoms with Crippen LogP contribution in [0.1, 0.15) is 20.8 Å². The molecule has 0 fully saturated rings. The van der Waals surface area contributed by atoms with Gasteiger partial charge in [-0.1, -0.05) is 20.4 Å². The lowest BCUT2D eigenvalue weighted by Crippen LogP contribution is -1.74. The van der Waals surface area contributed by atoms with E-state index < -0.39 is 0 Å². The number of carbonyl (C=O) groups excluding carboxylic acids is 1. The van der Waals surface area contributed by atoms with Crippen LogP contribution in [0.3, 0.4) is 0 Å². The van der Waals surface area contributed by atoms with Crippen molar-refractivity contribution in [2.45, 2.75) is 20.8 Å². The Morgan fingerprint density at radius 2 is 1.71 bits per heavy atom. The molecule has 0 bridgehead atoms. The van der Waals surface area contributed by atoms with E-state index in [0.29, 0.717) is 0 Å². The van der Waals surface area contributed by atoms with Gasteiger partial charge in [0.05, 0.1) is 0 Å². The van der Waals surface area contributed by atoms with Crippen LogP contribution < -0.4 is 0 Å². The highest BCUT2D eigenvalue weighted by Crippen LogP contribution is 1.60. The maximum absolute atomic E-state index is 9.69. The molecule has 0 aliphatic heterocycles. The first-order valence-electron chi connectivity index (χ1n) is 2.40. The lowest BCUT2D eigenvalue weighted by atomic mass is 10.5. The maximum Gasteiger partial charge on any atom is 0.152 e. The van der Waals surface area contributed by atoms with Crippen LogP contribution in [0.4, 0.5) is 0 Å². The SMILES string of the molecule is C=CC(C)=O.CC. The second-order valence-corrected chi connectivity index (χ2v) is 0.815. The molecule has 0 N–H and O–H groups in total. The van der Waals surface area contributed by atoms with Crippen molar-refractivity contribution in [2.75, 3.05) is 0 Å². The zero-order valence-corrected chi connectivity index (χ0v) is 5.19. The molecule has 0 rings (SSSR count). The Labute approximate surface area is 45.0 Å². The fourth-order valence-corrected chi connectivity index (χ4v) is 0. The van der Waals surface area contributed by atoms with E-state index in [2.05, 4.69) is 6.58 Å². The molecule has 0 aromatic heterocycles. The molecule has 42 valence electrons. The first kappa shape index (κ1) is 9.65. The molecule has 0 saturated heterocycles. The van der Waals surface area contributed by atoms with Gasteiger partial charge in [-0.05, 0) is 13.0 Å². The second kappa shape index (κ2) is 9.05. The first-order valence-corrected chi connectivity index (χ1v) is 2.40. The molecular weight excluding hydrogens is 88.1 g/mol. The average molecular weight is 100 g/mol. The Morgan fingerprint density at radius 1 is 1.57 bits per heavy atom. The molecule has 0 spiro atoms. The van der Waals surface area contributed by atoms with Crippen LogP contribution in [-0.2, 0) is 4.79 Å². The Kier molecular flexibility index (Phi) is 12.5. The molecule has 0 saturated carbocycles. The van der Waals surface area contributed by atoms with Crippen LogP contribution in [0.15, 0.2) is 12.7 Å². The highest BCUT2D eigenvalue weighted by molar-refractivity contribution is 5.86. The summed E-state index contributed by atoms with van der Waals surface area (Å²) in [4.78, 5) is 9.69. The first-order chi connectivity index (χ1) is 3.27. The van der Waals surface area contributed by atoms with Crippen LogP contribution in [0.2, 0.25) is 0 Å². The molecule has 0 radical (unpaired) electrons. The van der Waals surface area contributed by atoms with E-state index in [4.69, 9.17) is 0 Å². The van der Waals surface area contributed by atoms with Gasteiger partial charge in [-0.3, -0.25) is 4.79 Å². The van der Waals surface area contributed by atoms with Crippen molar-refractivity contribution in [1.82, 2.24) is 0 Å². The van der Waals surface area contributed by atoms with Crippen molar-refractivity contribution in [3.63, 3.8) is 0 Å². The van der Waals surface area contributed by atoms with Gasteiger partial charge in [0.1, 0.15) is 0 Å². The van der Waals surface area contributed by atoms with Crippen molar-refractivity contribution >= 4 is 5.78 Å². The second-order valence-electron chi connectivity index (χ2n) is 0.815. The number of hydrogen-bond donors (Lipinski definition) is 0. The topological polar surface area (TPSA) is 17.1 Å². The minimum Gasteiger partial charge on any atom is -0.295 e. The van der Waals surface area contributed by atoms with Gasteiger partial charge >= 0.3 is 0 Å². The Hall–Kier alpha value is -0.590. The van der Waals surface area contributed by atoms with E-state index in [1.54, 1.807) is 0 Å². The number of hydrogen-bond acceptors (Lipinski definition) is 1. The van der Waals surface area contributed by atoms with Crippen molar-refractivity contribution in [2.24, 2.45) is 0 Å².